The molecule has 0 unspecified atom stereocenters. The van der Waals surface area contributed by atoms with Crippen LogP contribution in [-0.2, 0) is 17.8 Å². The molecule has 1 aromatic heterocycles. The molecule has 0 aliphatic carbocycles. The monoisotopic (exact) mass is 342 g/mol. The molecule has 0 fully saturated rings. The molecular formula is C14H17ClN3OS2-. The van der Waals surface area contributed by atoms with Crippen molar-refractivity contribution in [1.82, 2.24) is 4.90 Å². The van der Waals surface area contributed by atoms with Crippen LogP contribution in [0, 0.1) is 0 Å². The molecule has 3 aliphatic rings. The largest absolute Gasteiger partial charge is 1.00 e. The zero-order valence-corrected chi connectivity index (χ0v) is 14.7. The number of thioether (sulfide) groups is 1. The minimum Gasteiger partial charge on any atom is -1.00 e. The first-order chi connectivity index (χ1) is 9.59. The Labute approximate surface area is 139 Å². The van der Waals surface area contributed by atoms with Crippen LogP contribution < -0.4 is 12.4 Å². The summed E-state index contributed by atoms with van der Waals surface area (Å²) >= 11 is 3.48. The molecule has 0 spiro atoms. The molecule has 3 aliphatic heterocycles. The second-order valence-electron chi connectivity index (χ2n) is 5.86. The van der Waals surface area contributed by atoms with Gasteiger partial charge in [-0.3, -0.25) is 4.99 Å². The van der Waals surface area contributed by atoms with Crippen molar-refractivity contribution in [3.05, 3.63) is 16.0 Å². The zero-order chi connectivity index (χ0) is 13.9. The molecule has 21 heavy (non-hydrogen) atoms. The van der Waals surface area contributed by atoms with Crippen LogP contribution in [0.4, 0.5) is 5.00 Å². The van der Waals surface area contributed by atoms with Gasteiger partial charge in [0, 0.05) is 17.8 Å². The van der Waals surface area contributed by atoms with Gasteiger partial charge in [0.25, 0.3) is 0 Å². The summed E-state index contributed by atoms with van der Waals surface area (Å²) in [5.41, 5.74) is 2.60. The van der Waals surface area contributed by atoms with Gasteiger partial charge < -0.3 is 22.0 Å². The fraction of sp³-hybridized carbons (Fsp3) is 0.571. The highest BCUT2D eigenvalue weighted by molar-refractivity contribution is 8.13. The van der Waals surface area contributed by atoms with E-state index < -0.39 is 0 Å². The predicted molar refractivity (Wildman–Crippen MR) is 85.6 cm³/mol. The average molecular weight is 343 g/mol. The van der Waals surface area contributed by atoms with E-state index in [4.69, 9.17) is 14.7 Å². The quantitative estimate of drug-likeness (QED) is 0.667. The SMILES string of the molecule is CSC1=Nc2sc3c(c2C2=NCCN12)CC(C)(C)OC3.[Cl-]. The van der Waals surface area contributed by atoms with Crippen molar-refractivity contribution in [1.29, 1.82) is 0 Å². The van der Waals surface area contributed by atoms with E-state index in [1.165, 1.54) is 16.0 Å². The van der Waals surface area contributed by atoms with Gasteiger partial charge in [-0.1, -0.05) is 11.8 Å². The molecule has 0 bridgehead atoms. The second kappa shape index (κ2) is 5.26. The maximum Gasteiger partial charge on any atom is 0.170 e. The highest BCUT2D eigenvalue weighted by atomic mass is 35.5. The molecule has 4 heterocycles. The second-order valence-corrected chi connectivity index (χ2v) is 7.72. The van der Waals surface area contributed by atoms with Crippen LogP contribution in [0.2, 0.25) is 0 Å². The molecular weight excluding hydrogens is 326 g/mol. The fourth-order valence-electron chi connectivity index (χ4n) is 3.00. The third-order valence-electron chi connectivity index (χ3n) is 3.94. The summed E-state index contributed by atoms with van der Waals surface area (Å²) in [5.74, 6) is 1.13. The van der Waals surface area contributed by atoms with E-state index in [0.29, 0.717) is 6.61 Å². The predicted octanol–water partition coefficient (Wildman–Crippen LogP) is 0.0297. The Morgan fingerprint density at radius 2 is 2.19 bits per heavy atom. The summed E-state index contributed by atoms with van der Waals surface area (Å²) in [5, 5.41) is 2.20. The number of fused-ring (bicyclic) bond motifs is 5. The smallest absolute Gasteiger partial charge is 0.170 e. The lowest BCUT2D eigenvalue weighted by Gasteiger charge is -2.31. The van der Waals surface area contributed by atoms with Crippen LogP contribution in [0.1, 0.15) is 29.9 Å². The van der Waals surface area contributed by atoms with Crippen LogP contribution in [-0.4, -0.2) is 40.8 Å². The normalized spacial score (nSPS) is 21.8. The van der Waals surface area contributed by atoms with Gasteiger partial charge in [-0.25, -0.2) is 4.99 Å². The van der Waals surface area contributed by atoms with Crippen LogP contribution >= 0.6 is 23.1 Å². The first-order valence-corrected chi connectivity index (χ1v) is 8.87. The van der Waals surface area contributed by atoms with Crippen LogP contribution in [0.3, 0.4) is 0 Å². The van der Waals surface area contributed by atoms with E-state index >= 15 is 0 Å². The van der Waals surface area contributed by atoms with Crippen molar-refractivity contribution in [2.75, 3.05) is 19.3 Å². The number of ether oxygens (including phenoxy) is 1. The number of aliphatic imine (C=N–C) groups is 2. The maximum atomic E-state index is 5.94. The molecule has 4 nitrogen and oxygen atoms in total. The summed E-state index contributed by atoms with van der Waals surface area (Å²) in [7, 11) is 0. The molecule has 114 valence electrons. The number of rotatable bonds is 0. The van der Waals surface area contributed by atoms with Gasteiger partial charge in [0.05, 0.1) is 24.3 Å². The highest BCUT2D eigenvalue weighted by Gasteiger charge is 2.38. The molecule has 0 amide bonds. The van der Waals surface area contributed by atoms with Gasteiger partial charge >= 0.3 is 0 Å². The molecule has 7 heteroatoms. The minimum atomic E-state index is -0.0880. The Bertz CT molecular complexity index is 651. The zero-order valence-electron chi connectivity index (χ0n) is 12.3. The van der Waals surface area contributed by atoms with Crippen molar-refractivity contribution in [3.63, 3.8) is 0 Å². The molecule has 0 atom stereocenters. The Morgan fingerprint density at radius 3 is 2.95 bits per heavy atom. The van der Waals surface area contributed by atoms with Gasteiger partial charge in [0.1, 0.15) is 10.8 Å². The Hall–Kier alpha value is -0.560. The average Bonchev–Trinajstić information content (AvgIpc) is 2.99. The molecule has 4 rings (SSSR count). The van der Waals surface area contributed by atoms with Crippen molar-refractivity contribution >= 4 is 39.1 Å². The number of amidine groups is 2. The summed E-state index contributed by atoms with van der Waals surface area (Å²) < 4.78 is 5.94. The Balaban J connectivity index is 0.00000132. The topological polar surface area (TPSA) is 37.2 Å². The van der Waals surface area contributed by atoms with Crippen molar-refractivity contribution in [2.45, 2.75) is 32.5 Å². The molecule has 0 N–H and O–H groups in total. The molecule has 0 radical (unpaired) electrons. The van der Waals surface area contributed by atoms with Gasteiger partial charge in [0.2, 0.25) is 0 Å². The lowest BCUT2D eigenvalue weighted by Crippen LogP contribution is -3.00. The number of thiophene rings is 1. The fourth-order valence-corrected chi connectivity index (χ4v) is 4.73. The number of halogens is 1. The standard InChI is InChI=1S/C14H17N3OS2.ClH/c1-14(2)6-8-9(7-18-14)20-12-10(8)11-15-4-5-17(11)13(16-12)19-3;/h4-7H2,1-3H3;1H/p-1. The minimum absolute atomic E-state index is 0. The van der Waals surface area contributed by atoms with Crippen molar-refractivity contribution in [2.24, 2.45) is 9.98 Å². The Morgan fingerprint density at radius 1 is 1.38 bits per heavy atom. The number of nitrogens with zero attached hydrogens (tertiary/aromatic N) is 3. The molecule has 0 aromatic carbocycles. The van der Waals surface area contributed by atoms with Crippen LogP contribution in [0.25, 0.3) is 0 Å². The summed E-state index contributed by atoms with van der Waals surface area (Å²) in [6, 6.07) is 0. The summed E-state index contributed by atoms with van der Waals surface area (Å²) in [6.45, 7) is 6.86. The highest BCUT2D eigenvalue weighted by Crippen LogP contribution is 2.45. The lowest BCUT2D eigenvalue weighted by molar-refractivity contribution is -0.0383. The molecule has 0 saturated heterocycles. The van der Waals surface area contributed by atoms with E-state index in [2.05, 4.69) is 25.0 Å². The lowest BCUT2D eigenvalue weighted by atomic mass is 9.92. The molecule has 0 saturated carbocycles. The maximum absolute atomic E-state index is 5.94. The van der Waals surface area contributed by atoms with Gasteiger partial charge in [0.15, 0.2) is 5.17 Å². The van der Waals surface area contributed by atoms with Crippen LogP contribution in [0.5, 0.6) is 0 Å². The Kier molecular flexibility index (Phi) is 3.84. The number of hydrogen-bond donors (Lipinski definition) is 0. The third-order valence-corrected chi connectivity index (χ3v) is 5.72. The van der Waals surface area contributed by atoms with Crippen LogP contribution in [0.15, 0.2) is 9.98 Å². The summed E-state index contributed by atoms with van der Waals surface area (Å²) in [4.78, 5) is 13.2. The van der Waals surface area contributed by atoms with E-state index in [1.807, 2.05) is 0 Å². The number of hydrogen-bond acceptors (Lipinski definition) is 6. The van der Waals surface area contributed by atoms with Gasteiger partial charge in [-0.05, 0) is 25.7 Å². The van der Waals surface area contributed by atoms with E-state index in [9.17, 15) is 0 Å². The van der Waals surface area contributed by atoms with E-state index in [0.717, 1.165) is 35.5 Å². The first kappa shape index (κ1) is 15.3. The van der Waals surface area contributed by atoms with E-state index in [1.54, 1.807) is 23.1 Å². The molecule has 1 aromatic rings. The van der Waals surface area contributed by atoms with Crippen molar-refractivity contribution < 1.29 is 17.1 Å². The van der Waals surface area contributed by atoms with Gasteiger partial charge in [-0.2, -0.15) is 0 Å². The third kappa shape index (κ3) is 2.32. The van der Waals surface area contributed by atoms with Crippen molar-refractivity contribution in [3.8, 4) is 0 Å². The van der Waals surface area contributed by atoms with Gasteiger partial charge in [-0.15, -0.1) is 11.3 Å². The van der Waals surface area contributed by atoms with E-state index in [-0.39, 0.29) is 18.0 Å². The first-order valence-electron chi connectivity index (χ1n) is 6.82. The summed E-state index contributed by atoms with van der Waals surface area (Å²) in [6.07, 6.45) is 3.03.